The van der Waals surface area contributed by atoms with Gasteiger partial charge in [-0.1, -0.05) is 38.1 Å². The van der Waals surface area contributed by atoms with Crippen LogP contribution >= 0.6 is 0 Å². The predicted octanol–water partition coefficient (Wildman–Crippen LogP) is 2.16. The van der Waals surface area contributed by atoms with Gasteiger partial charge in [0.15, 0.2) is 0 Å². The molecular formula is C14H21NO. The maximum Gasteiger partial charge on any atom is 0.0558 e. The third-order valence-electron chi connectivity index (χ3n) is 3.81. The van der Waals surface area contributed by atoms with Gasteiger partial charge >= 0.3 is 0 Å². The van der Waals surface area contributed by atoms with E-state index in [2.05, 4.69) is 38.1 Å². The normalized spacial score (nSPS) is 29.2. The third-order valence-corrected chi connectivity index (χ3v) is 3.81. The summed E-state index contributed by atoms with van der Waals surface area (Å²) in [6, 6.07) is 8.66. The lowest BCUT2D eigenvalue weighted by atomic mass is 9.62. The minimum atomic E-state index is -0.161. The molecule has 2 nitrogen and oxygen atoms in total. The highest BCUT2D eigenvalue weighted by Gasteiger charge is 2.43. The Bertz CT molecular complexity index is 367. The van der Waals surface area contributed by atoms with Gasteiger partial charge in [0.2, 0.25) is 0 Å². The number of hydrogen-bond acceptors (Lipinski definition) is 2. The Hall–Kier alpha value is -0.860. The van der Waals surface area contributed by atoms with Gasteiger partial charge in [0.1, 0.15) is 0 Å². The van der Waals surface area contributed by atoms with E-state index in [-0.39, 0.29) is 11.5 Å². The molecule has 2 heteroatoms. The number of rotatable bonds is 3. The van der Waals surface area contributed by atoms with Crippen LogP contribution in [0, 0.1) is 0 Å². The van der Waals surface area contributed by atoms with Gasteiger partial charge in [-0.15, -0.1) is 0 Å². The first kappa shape index (κ1) is 11.6. The molecule has 0 bridgehead atoms. The number of aliphatic hydroxyl groups excluding tert-OH is 1. The van der Waals surface area contributed by atoms with Crippen LogP contribution in [0.2, 0.25) is 0 Å². The Morgan fingerprint density at radius 1 is 1.44 bits per heavy atom. The van der Waals surface area contributed by atoms with Crippen LogP contribution in [-0.4, -0.2) is 17.8 Å². The van der Waals surface area contributed by atoms with Gasteiger partial charge in [0.05, 0.1) is 6.10 Å². The molecule has 0 aliphatic heterocycles. The van der Waals surface area contributed by atoms with Gasteiger partial charge in [0, 0.05) is 12.0 Å². The quantitative estimate of drug-likeness (QED) is 0.818. The van der Waals surface area contributed by atoms with Crippen LogP contribution in [0.3, 0.4) is 0 Å². The van der Waals surface area contributed by atoms with Crippen molar-refractivity contribution in [3.8, 4) is 0 Å². The van der Waals surface area contributed by atoms with Crippen molar-refractivity contribution in [2.45, 2.75) is 44.1 Å². The molecule has 1 fully saturated rings. The summed E-state index contributed by atoms with van der Waals surface area (Å²) in [5.74, 6) is 0.541. The van der Waals surface area contributed by atoms with Gasteiger partial charge in [-0.25, -0.2) is 0 Å². The molecule has 1 aliphatic carbocycles. The molecular weight excluding hydrogens is 198 g/mol. The molecule has 1 saturated carbocycles. The summed E-state index contributed by atoms with van der Waals surface area (Å²) in [7, 11) is 0. The molecule has 0 atom stereocenters. The molecule has 88 valence electrons. The first-order chi connectivity index (χ1) is 7.57. The smallest absolute Gasteiger partial charge is 0.0558 e. The van der Waals surface area contributed by atoms with Gasteiger partial charge in [0.25, 0.3) is 0 Å². The standard InChI is InChI=1S/C14H21NO/c1-10(2)11-4-3-5-12(6-11)14(9-15)7-13(16)8-14/h3-6,10,13,16H,7-9,15H2,1-2H3. The van der Waals surface area contributed by atoms with Crippen LogP contribution in [0.25, 0.3) is 0 Å². The highest BCUT2D eigenvalue weighted by molar-refractivity contribution is 5.34. The summed E-state index contributed by atoms with van der Waals surface area (Å²) < 4.78 is 0. The highest BCUT2D eigenvalue weighted by atomic mass is 16.3. The molecule has 0 unspecified atom stereocenters. The number of hydrogen-bond donors (Lipinski definition) is 2. The molecule has 0 aromatic heterocycles. The zero-order valence-electron chi connectivity index (χ0n) is 10.1. The summed E-state index contributed by atoms with van der Waals surface area (Å²) in [4.78, 5) is 0. The number of nitrogens with two attached hydrogens (primary N) is 1. The molecule has 1 aromatic rings. The zero-order chi connectivity index (χ0) is 11.8. The summed E-state index contributed by atoms with van der Waals surface area (Å²) in [6.45, 7) is 5.03. The van der Waals surface area contributed by atoms with E-state index in [4.69, 9.17) is 5.73 Å². The van der Waals surface area contributed by atoms with E-state index in [1.165, 1.54) is 11.1 Å². The minimum absolute atomic E-state index is 0.0321. The van der Waals surface area contributed by atoms with E-state index < -0.39 is 0 Å². The summed E-state index contributed by atoms with van der Waals surface area (Å²) in [5, 5.41) is 9.50. The first-order valence-electron chi connectivity index (χ1n) is 6.06. The van der Waals surface area contributed by atoms with E-state index in [0.29, 0.717) is 12.5 Å². The second-order valence-electron chi connectivity index (χ2n) is 5.33. The fourth-order valence-corrected chi connectivity index (χ4v) is 2.59. The SMILES string of the molecule is CC(C)c1cccc(C2(CN)CC(O)C2)c1. The van der Waals surface area contributed by atoms with Crippen molar-refractivity contribution in [3.05, 3.63) is 35.4 Å². The van der Waals surface area contributed by atoms with Crippen molar-refractivity contribution in [3.63, 3.8) is 0 Å². The Kier molecular flexibility index (Phi) is 3.04. The molecule has 0 saturated heterocycles. The molecule has 0 spiro atoms. The molecule has 0 heterocycles. The zero-order valence-corrected chi connectivity index (χ0v) is 10.1. The fourth-order valence-electron chi connectivity index (χ4n) is 2.59. The van der Waals surface area contributed by atoms with Crippen LogP contribution in [0.4, 0.5) is 0 Å². The molecule has 0 radical (unpaired) electrons. The largest absolute Gasteiger partial charge is 0.393 e. The monoisotopic (exact) mass is 219 g/mol. The lowest BCUT2D eigenvalue weighted by Crippen LogP contribution is -2.49. The molecule has 16 heavy (non-hydrogen) atoms. The van der Waals surface area contributed by atoms with Crippen molar-refractivity contribution >= 4 is 0 Å². The Morgan fingerprint density at radius 3 is 2.62 bits per heavy atom. The van der Waals surface area contributed by atoms with E-state index >= 15 is 0 Å². The summed E-state index contributed by atoms with van der Waals surface area (Å²) >= 11 is 0. The summed E-state index contributed by atoms with van der Waals surface area (Å²) in [5.41, 5.74) is 8.56. The van der Waals surface area contributed by atoms with E-state index in [9.17, 15) is 5.11 Å². The highest BCUT2D eigenvalue weighted by Crippen LogP contribution is 2.43. The van der Waals surface area contributed by atoms with Crippen molar-refractivity contribution in [2.75, 3.05) is 6.54 Å². The Labute approximate surface area is 97.5 Å². The Balaban J connectivity index is 2.29. The fraction of sp³-hybridized carbons (Fsp3) is 0.571. The topological polar surface area (TPSA) is 46.2 Å². The average Bonchev–Trinajstić information content (AvgIpc) is 2.24. The maximum absolute atomic E-state index is 9.50. The second-order valence-corrected chi connectivity index (χ2v) is 5.33. The number of benzene rings is 1. The molecule has 0 amide bonds. The van der Waals surface area contributed by atoms with Crippen molar-refractivity contribution in [2.24, 2.45) is 5.73 Å². The van der Waals surface area contributed by atoms with Crippen LogP contribution in [0.15, 0.2) is 24.3 Å². The molecule has 2 rings (SSSR count). The van der Waals surface area contributed by atoms with Crippen LogP contribution in [0.1, 0.15) is 43.7 Å². The minimum Gasteiger partial charge on any atom is -0.393 e. The van der Waals surface area contributed by atoms with Crippen LogP contribution < -0.4 is 5.73 Å². The molecule has 1 aliphatic rings. The molecule has 1 aromatic carbocycles. The van der Waals surface area contributed by atoms with Gasteiger partial charge in [-0.05, 0) is 29.9 Å². The van der Waals surface area contributed by atoms with Crippen LogP contribution in [0.5, 0.6) is 0 Å². The lowest BCUT2D eigenvalue weighted by Gasteiger charge is -2.45. The first-order valence-corrected chi connectivity index (χ1v) is 6.06. The second kappa shape index (κ2) is 4.19. The van der Waals surface area contributed by atoms with Crippen molar-refractivity contribution in [1.82, 2.24) is 0 Å². The van der Waals surface area contributed by atoms with Gasteiger partial charge in [-0.2, -0.15) is 0 Å². The van der Waals surface area contributed by atoms with Gasteiger partial charge < -0.3 is 10.8 Å². The third kappa shape index (κ3) is 1.87. The van der Waals surface area contributed by atoms with Gasteiger partial charge in [-0.3, -0.25) is 0 Å². The van der Waals surface area contributed by atoms with E-state index in [1.807, 2.05) is 0 Å². The van der Waals surface area contributed by atoms with E-state index in [0.717, 1.165) is 12.8 Å². The average molecular weight is 219 g/mol. The predicted molar refractivity (Wildman–Crippen MR) is 66.5 cm³/mol. The van der Waals surface area contributed by atoms with Crippen molar-refractivity contribution in [1.29, 1.82) is 0 Å². The van der Waals surface area contributed by atoms with Crippen LogP contribution in [-0.2, 0) is 5.41 Å². The summed E-state index contributed by atoms with van der Waals surface area (Å²) in [6.07, 6.45) is 1.46. The molecule has 3 N–H and O–H groups in total. The van der Waals surface area contributed by atoms with Crippen molar-refractivity contribution < 1.29 is 5.11 Å². The number of aliphatic hydroxyl groups is 1. The lowest BCUT2D eigenvalue weighted by molar-refractivity contribution is 0.0221. The maximum atomic E-state index is 9.50. The van der Waals surface area contributed by atoms with E-state index in [1.54, 1.807) is 0 Å². The Morgan fingerprint density at radius 2 is 2.12 bits per heavy atom.